The van der Waals surface area contributed by atoms with Crippen LogP contribution in [-0.2, 0) is 6.54 Å². The second-order valence-corrected chi connectivity index (χ2v) is 4.22. The quantitative estimate of drug-likeness (QED) is 0.781. The van der Waals surface area contributed by atoms with Crippen LogP contribution in [0, 0.1) is 5.82 Å². The van der Waals surface area contributed by atoms with Crippen molar-refractivity contribution in [2.24, 2.45) is 0 Å². The van der Waals surface area contributed by atoms with E-state index in [1.54, 1.807) is 6.07 Å². The summed E-state index contributed by atoms with van der Waals surface area (Å²) in [5.74, 6) is 0.414. The first-order chi connectivity index (χ1) is 9.20. The molecule has 0 atom stereocenters. The molecule has 0 fully saturated rings. The smallest absolute Gasteiger partial charge is 0.199 e. The van der Waals surface area contributed by atoms with Gasteiger partial charge in [-0.15, -0.1) is 0 Å². The van der Waals surface area contributed by atoms with E-state index in [0.717, 1.165) is 6.42 Å². The first-order valence-electron chi connectivity index (χ1n) is 5.95. The van der Waals surface area contributed by atoms with Gasteiger partial charge in [0.1, 0.15) is 5.82 Å². The largest absolute Gasteiger partial charge is 0.379 e. The average molecular weight is 261 g/mol. The van der Waals surface area contributed by atoms with Gasteiger partial charge < -0.3 is 10.3 Å². The summed E-state index contributed by atoms with van der Waals surface area (Å²) in [5, 5.41) is 7.30. The van der Waals surface area contributed by atoms with Crippen LogP contribution in [0.4, 0.5) is 10.2 Å². The number of benzene rings is 1. The molecule has 3 rings (SSSR count). The number of hydrogen-bond acceptors (Lipinski definition) is 5. The van der Waals surface area contributed by atoms with Crippen molar-refractivity contribution in [2.45, 2.75) is 19.9 Å². The van der Waals surface area contributed by atoms with E-state index in [2.05, 4.69) is 19.9 Å². The molecule has 0 aliphatic rings. The van der Waals surface area contributed by atoms with Gasteiger partial charge in [0.25, 0.3) is 0 Å². The Morgan fingerprint density at radius 1 is 1.37 bits per heavy atom. The Balaban J connectivity index is 2.29. The summed E-state index contributed by atoms with van der Waals surface area (Å²) in [5.41, 5.74) is 7.47. The van der Waals surface area contributed by atoms with E-state index in [4.69, 9.17) is 5.73 Å². The highest BCUT2D eigenvalue weighted by molar-refractivity contribution is 5.81. The first-order valence-corrected chi connectivity index (χ1v) is 5.95. The minimum Gasteiger partial charge on any atom is -0.379 e. The zero-order valence-electron chi connectivity index (χ0n) is 10.3. The number of fused-ring (bicyclic) bond motifs is 1. The van der Waals surface area contributed by atoms with Crippen LogP contribution in [0.2, 0.25) is 0 Å². The van der Waals surface area contributed by atoms with E-state index in [-0.39, 0.29) is 11.6 Å². The lowest BCUT2D eigenvalue weighted by Crippen LogP contribution is -2.01. The molecule has 6 nitrogen and oxygen atoms in total. The number of halogens is 1. The molecule has 3 aromatic rings. The molecule has 2 heterocycles. The Morgan fingerprint density at radius 3 is 2.89 bits per heavy atom. The molecule has 0 radical (unpaired) electrons. The Hall–Kier alpha value is -2.44. The van der Waals surface area contributed by atoms with Crippen LogP contribution in [0.3, 0.4) is 0 Å². The monoisotopic (exact) mass is 261 g/mol. The number of imidazole rings is 1. The van der Waals surface area contributed by atoms with Crippen LogP contribution in [0.5, 0.6) is 0 Å². The van der Waals surface area contributed by atoms with Gasteiger partial charge in [0.2, 0.25) is 0 Å². The van der Waals surface area contributed by atoms with E-state index in [1.807, 2.05) is 11.5 Å². The van der Waals surface area contributed by atoms with E-state index in [0.29, 0.717) is 29.1 Å². The lowest BCUT2D eigenvalue weighted by Gasteiger charge is -2.05. The fourth-order valence-corrected chi connectivity index (χ4v) is 2.08. The third-order valence-corrected chi connectivity index (χ3v) is 2.88. The van der Waals surface area contributed by atoms with Crippen molar-refractivity contribution >= 4 is 16.9 Å². The number of aromatic nitrogens is 4. The normalized spacial score (nSPS) is 11.3. The summed E-state index contributed by atoms with van der Waals surface area (Å²) < 4.78 is 19.8. The van der Waals surface area contributed by atoms with Gasteiger partial charge >= 0.3 is 0 Å². The molecule has 0 unspecified atom stereocenters. The summed E-state index contributed by atoms with van der Waals surface area (Å²) in [4.78, 5) is 4.43. The number of nitrogens with two attached hydrogens (primary N) is 1. The third-order valence-electron chi connectivity index (χ3n) is 2.88. The molecule has 19 heavy (non-hydrogen) atoms. The van der Waals surface area contributed by atoms with Crippen molar-refractivity contribution in [3.63, 3.8) is 0 Å². The predicted octanol–water partition coefficient (Wildman–Crippen LogP) is 2.22. The zero-order chi connectivity index (χ0) is 13.4. The molecular weight excluding hydrogens is 249 g/mol. The maximum absolute atomic E-state index is 13.4. The van der Waals surface area contributed by atoms with Gasteiger partial charge in [0.05, 0.1) is 11.0 Å². The van der Waals surface area contributed by atoms with Gasteiger partial charge in [-0.25, -0.2) is 14.0 Å². The van der Waals surface area contributed by atoms with Crippen molar-refractivity contribution in [3.8, 4) is 11.5 Å². The molecule has 0 amide bonds. The van der Waals surface area contributed by atoms with Crippen molar-refractivity contribution in [1.29, 1.82) is 0 Å². The minimum atomic E-state index is -0.303. The molecule has 0 saturated carbocycles. The van der Waals surface area contributed by atoms with E-state index in [1.165, 1.54) is 12.1 Å². The van der Waals surface area contributed by atoms with Gasteiger partial charge in [-0.05, 0) is 34.9 Å². The van der Waals surface area contributed by atoms with Gasteiger partial charge in [-0.2, -0.15) is 0 Å². The molecule has 7 heteroatoms. The molecule has 0 bridgehead atoms. The fourth-order valence-electron chi connectivity index (χ4n) is 2.08. The van der Waals surface area contributed by atoms with Gasteiger partial charge in [-0.1, -0.05) is 6.92 Å². The molecule has 98 valence electrons. The number of anilines is 1. The summed E-state index contributed by atoms with van der Waals surface area (Å²) in [7, 11) is 0. The van der Waals surface area contributed by atoms with E-state index in [9.17, 15) is 4.39 Å². The summed E-state index contributed by atoms with van der Waals surface area (Å²) in [6.07, 6.45) is 0.875. The highest BCUT2D eigenvalue weighted by atomic mass is 19.1. The van der Waals surface area contributed by atoms with E-state index < -0.39 is 0 Å². The van der Waals surface area contributed by atoms with Crippen LogP contribution >= 0.6 is 0 Å². The topological polar surface area (TPSA) is 82.8 Å². The molecule has 1 aromatic carbocycles. The number of nitrogen functional groups attached to an aromatic ring is 1. The Labute approximate surface area is 108 Å². The van der Waals surface area contributed by atoms with Crippen LogP contribution in [0.25, 0.3) is 22.6 Å². The SMILES string of the molecule is CCCn1c(-c2nonc2N)nc2ccc(F)cc21. The lowest BCUT2D eigenvalue weighted by atomic mass is 10.3. The second kappa shape index (κ2) is 4.34. The lowest BCUT2D eigenvalue weighted by molar-refractivity contribution is 0.310. The Morgan fingerprint density at radius 2 is 2.21 bits per heavy atom. The van der Waals surface area contributed by atoms with Crippen LogP contribution in [0.15, 0.2) is 22.8 Å². The zero-order valence-corrected chi connectivity index (χ0v) is 10.3. The standard InChI is InChI=1S/C12H12FN5O/c1-2-5-18-9-6-7(13)3-4-8(9)15-12(18)10-11(14)17-19-16-10/h3-4,6H,2,5H2,1H3,(H2,14,17). The minimum absolute atomic E-state index is 0.174. The summed E-state index contributed by atoms with van der Waals surface area (Å²) >= 11 is 0. The molecule has 0 aliphatic carbocycles. The molecule has 0 spiro atoms. The maximum Gasteiger partial charge on any atom is 0.199 e. The highest BCUT2D eigenvalue weighted by Gasteiger charge is 2.18. The maximum atomic E-state index is 13.4. The average Bonchev–Trinajstić information content (AvgIpc) is 2.94. The molecule has 2 N–H and O–H groups in total. The van der Waals surface area contributed by atoms with E-state index >= 15 is 0 Å². The second-order valence-electron chi connectivity index (χ2n) is 4.22. The van der Waals surface area contributed by atoms with Crippen molar-refractivity contribution in [3.05, 3.63) is 24.0 Å². The third kappa shape index (κ3) is 1.83. The molecule has 2 aromatic heterocycles. The Bertz CT molecular complexity index is 733. The van der Waals surface area contributed by atoms with Crippen LogP contribution < -0.4 is 5.73 Å². The Kier molecular flexibility index (Phi) is 2.66. The number of aryl methyl sites for hydroxylation is 1. The van der Waals surface area contributed by atoms with Crippen molar-refractivity contribution < 1.29 is 9.02 Å². The number of rotatable bonds is 3. The first kappa shape index (κ1) is 11.6. The summed E-state index contributed by atoms with van der Waals surface area (Å²) in [6.45, 7) is 2.71. The van der Waals surface area contributed by atoms with Crippen molar-refractivity contribution in [1.82, 2.24) is 19.9 Å². The van der Waals surface area contributed by atoms with Gasteiger partial charge in [0.15, 0.2) is 17.3 Å². The molecule has 0 saturated heterocycles. The summed E-state index contributed by atoms with van der Waals surface area (Å²) in [6, 6.07) is 4.45. The fraction of sp³-hybridized carbons (Fsp3) is 0.250. The van der Waals surface area contributed by atoms with Gasteiger partial charge in [-0.3, -0.25) is 0 Å². The van der Waals surface area contributed by atoms with Crippen molar-refractivity contribution in [2.75, 3.05) is 5.73 Å². The number of hydrogen-bond donors (Lipinski definition) is 1. The van der Waals surface area contributed by atoms with Crippen LogP contribution in [-0.4, -0.2) is 19.9 Å². The van der Waals surface area contributed by atoms with Gasteiger partial charge in [0, 0.05) is 6.54 Å². The molecular formula is C12H12FN5O. The predicted molar refractivity (Wildman–Crippen MR) is 67.7 cm³/mol. The highest BCUT2D eigenvalue weighted by Crippen LogP contribution is 2.27. The number of nitrogens with zero attached hydrogens (tertiary/aromatic N) is 4. The van der Waals surface area contributed by atoms with Crippen LogP contribution in [0.1, 0.15) is 13.3 Å². The molecule has 0 aliphatic heterocycles.